The molecule has 0 aromatic carbocycles. The molecule has 1 amide bonds. The fraction of sp³-hybridized carbons (Fsp3) is 0.583. The van der Waals surface area contributed by atoms with Gasteiger partial charge in [0.1, 0.15) is 0 Å². The van der Waals surface area contributed by atoms with Crippen molar-refractivity contribution in [1.29, 1.82) is 0 Å². The molecule has 0 fully saturated rings. The lowest BCUT2D eigenvalue weighted by molar-refractivity contribution is -0.137. The number of nitrogens with zero attached hydrogens (tertiary/aromatic N) is 2. The standard InChI is InChI=1S/C12H17N3O3/c13-11(16)4-5-15-10-3-1-2-8(6-12(17)18)9(10)7-14-15/h7-8H,1-6H2,(H2,13,16)(H,17,18). The predicted octanol–water partition coefficient (Wildman–Crippen LogP) is 0.653. The van der Waals surface area contributed by atoms with Crippen LogP contribution in [0.15, 0.2) is 6.20 Å². The molecule has 98 valence electrons. The normalized spacial score (nSPS) is 18.3. The summed E-state index contributed by atoms with van der Waals surface area (Å²) in [6.07, 6.45) is 4.90. The summed E-state index contributed by atoms with van der Waals surface area (Å²) in [5, 5.41) is 13.1. The van der Waals surface area contributed by atoms with Crippen LogP contribution < -0.4 is 5.73 Å². The number of carbonyl (C=O) groups is 2. The van der Waals surface area contributed by atoms with E-state index < -0.39 is 5.97 Å². The first-order valence-corrected chi connectivity index (χ1v) is 6.12. The Labute approximate surface area is 105 Å². The van der Waals surface area contributed by atoms with Gasteiger partial charge in [-0.2, -0.15) is 5.10 Å². The second-order valence-electron chi connectivity index (χ2n) is 4.67. The Kier molecular flexibility index (Phi) is 3.64. The molecule has 1 aliphatic carbocycles. The van der Waals surface area contributed by atoms with Gasteiger partial charge in [-0.3, -0.25) is 14.3 Å². The van der Waals surface area contributed by atoms with E-state index in [1.165, 1.54) is 0 Å². The zero-order valence-electron chi connectivity index (χ0n) is 10.1. The number of carbonyl (C=O) groups excluding carboxylic acids is 1. The van der Waals surface area contributed by atoms with Gasteiger partial charge in [0.05, 0.1) is 12.6 Å². The fourth-order valence-corrected chi connectivity index (χ4v) is 2.54. The number of rotatable bonds is 5. The zero-order valence-corrected chi connectivity index (χ0v) is 10.1. The van der Waals surface area contributed by atoms with Crippen LogP contribution in [0.1, 0.15) is 42.9 Å². The quantitative estimate of drug-likeness (QED) is 0.802. The van der Waals surface area contributed by atoms with E-state index in [1.54, 1.807) is 10.9 Å². The highest BCUT2D eigenvalue weighted by Gasteiger charge is 2.25. The van der Waals surface area contributed by atoms with Gasteiger partial charge < -0.3 is 10.8 Å². The summed E-state index contributed by atoms with van der Waals surface area (Å²) in [5.74, 6) is -1.08. The summed E-state index contributed by atoms with van der Waals surface area (Å²) in [4.78, 5) is 21.6. The zero-order chi connectivity index (χ0) is 13.1. The van der Waals surface area contributed by atoms with Gasteiger partial charge in [-0.25, -0.2) is 0 Å². The van der Waals surface area contributed by atoms with Crippen molar-refractivity contribution in [2.75, 3.05) is 0 Å². The minimum absolute atomic E-state index is 0.0496. The van der Waals surface area contributed by atoms with Crippen LogP contribution >= 0.6 is 0 Å². The van der Waals surface area contributed by atoms with Gasteiger partial charge >= 0.3 is 5.97 Å². The Bertz CT molecular complexity index is 467. The largest absolute Gasteiger partial charge is 0.481 e. The molecule has 1 heterocycles. The molecule has 1 aromatic heterocycles. The number of aromatic nitrogens is 2. The van der Waals surface area contributed by atoms with Crippen molar-refractivity contribution in [2.24, 2.45) is 5.73 Å². The lowest BCUT2D eigenvalue weighted by Gasteiger charge is -2.21. The minimum Gasteiger partial charge on any atom is -0.481 e. The van der Waals surface area contributed by atoms with Crippen molar-refractivity contribution in [3.8, 4) is 0 Å². The highest BCUT2D eigenvalue weighted by atomic mass is 16.4. The second kappa shape index (κ2) is 5.20. The van der Waals surface area contributed by atoms with Crippen molar-refractivity contribution in [2.45, 2.75) is 44.6 Å². The van der Waals surface area contributed by atoms with Gasteiger partial charge in [-0.1, -0.05) is 0 Å². The van der Waals surface area contributed by atoms with Gasteiger partial charge in [0, 0.05) is 18.7 Å². The van der Waals surface area contributed by atoms with Gasteiger partial charge in [0.15, 0.2) is 0 Å². The number of primary amides is 1. The first-order chi connectivity index (χ1) is 8.58. The second-order valence-corrected chi connectivity index (χ2v) is 4.67. The molecule has 6 nitrogen and oxygen atoms in total. The minimum atomic E-state index is -0.780. The number of hydrogen-bond acceptors (Lipinski definition) is 3. The molecule has 0 bridgehead atoms. The fourth-order valence-electron chi connectivity index (χ4n) is 2.54. The van der Waals surface area contributed by atoms with Gasteiger partial charge in [0.2, 0.25) is 5.91 Å². The summed E-state index contributed by atoms with van der Waals surface area (Å²) < 4.78 is 1.79. The van der Waals surface area contributed by atoms with Crippen molar-refractivity contribution in [3.63, 3.8) is 0 Å². The molecule has 1 aliphatic rings. The molecule has 0 spiro atoms. The number of carboxylic acid groups (broad SMARTS) is 1. The third-order valence-electron chi connectivity index (χ3n) is 3.38. The maximum absolute atomic E-state index is 10.8. The monoisotopic (exact) mass is 251 g/mol. The Morgan fingerprint density at radius 1 is 1.56 bits per heavy atom. The van der Waals surface area contributed by atoms with E-state index in [4.69, 9.17) is 10.8 Å². The number of carboxylic acids is 1. The number of aliphatic carboxylic acids is 1. The molecule has 2 rings (SSSR count). The maximum Gasteiger partial charge on any atom is 0.303 e. The van der Waals surface area contributed by atoms with E-state index >= 15 is 0 Å². The smallest absolute Gasteiger partial charge is 0.303 e. The van der Waals surface area contributed by atoms with Crippen molar-refractivity contribution in [1.82, 2.24) is 9.78 Å². The first kappa shape index (κ1) is 12.6. The lowest BCUT2D eigenvalue weighted by Crippen LogP contribution is -2.18. The summed E-state index contributed by atoms with van der Waals surface area (Å²) >= 11 is 0. The van der Waals surface area contributed by atoms with Crippen molar-refractivity contribution in [3.05, 3.63) is 17.5 Å². The van der Waals surface area contributed by atoms with E-state index in [9.17, 15) is 9.59 Å². The van der Waals surface area contributed by atoms with E-state index in [0.717, 1.165) is 30.5 Å². The molecule has 18 heavy (non-hydrogen) atoms. The molecule has 0 saturated carbocycles. The van der Waals surface area contributed by atoms with Crippen LogP contribution in [0.5, 0.6) is 0 Å². The van der Waals surface area contributed by atoms with E-state index in [2.05, 4.69) is 5.10 Å². The molecule has 6 heteroatoms. The Morgan fingerprint density at radius 2 is 2.33 bits per heavy atom. The van der Waals surface area contributed by atoms with Crippen molar-refractivity contribution < 1.29 is 14.7 Å². The third-order valence-corrected chi connectivity index (χ3v) is 3.38. The summed E-state index contributed by atoms with van der Waals surface area (Å²) in [6, 6.07) is 0. The molecule has 0 aliphatic heterocycles. The number of amides is 1. The average Bonchev–Trinajstić information content (AvgIpc) is 2.70. The van der Waals surface area contributed by atoms with Crippen LogP contribution in [-0.4, -0.2) is 26.8 Å². The molecular weight excluding hydrogens is 234 g/mol. The van der Waals surface area contributed by atoms with Gasteiger partial charge in [-0.05, 0) is 30.7 Å². The maximum atomic E-state index is 10.8. The highest BCUT2D eigenvalue weighted by Crippen LogP contribution is 2.33. The van der Waals surface area contributed by atoms with E-state index in [-0.39, 0.29) is 24.7 Å². The number of fused-ring (bicyclic) bond motifs is 1. The molecule has 3 N–H and O–H groups in total. The van der Waals surface area contributed by atoms with Crippen molar-refractivity contribution >= 4 is 11.9 Å². The highest BCUT2D eigenvalue weighted by molar-refractivity contribution is 5.73. The molecule has 0 radical (unpaired) electrons. The molecule has 1 aromatic rings. The van der Waals surface area contributed by atoms with Gasteiger partial charge in [0.25, 0.3) is 0 Å². The molecule has 0 saturated heterocycles. The summed E-state index contributed by atoms with van der Waals surface area (Å²) in [7, 11) is 0. The lowest BCUT2D eigenvalue weighted by atomic mass is 9.85. The molecule has 1 atom stereocenters. The first-order valence-electron chi connectivity index (χ1n) is 6.12. The SMILES string of the molecule is NC(=O)CCn1ncc2c1CCCC2CC(=O)O. The van der Waals surface area contributed by atoms with Crippen LogP contribution in [0.3, 0.4) is 0 Å². The van der Waals surface area contributed by atoms with E-state index in [0.29, 0.717) is 6.54 Å². The number of hydrogen-bond donors (Lipinski definition) is 2. The van der Waals surface area contributed by atoms with Crippen LogP contribution in [0, 0.1) is 0 Å². The third kappa shape index (κ3) is 2.69. The van der Waals surface area contributed by atoms with Gasteiger partial charge in [-0.15, -0.1) is 0 Å². The Morgan fingerprint density at radius 3 is 3.00 bits per heavy atom. The number of aryl methyl sites for hydroxylation is 1. The number of nitrogens with two attached hydrogens (primary N) is 1. The topological polar surface area (TPSA) is 98.2 Å². The van der Waals surface area contributed by atoms with E-state index in [1.807, 2.05) is 0 Å². The summed E-state index contributed by atoms with van der Waals surface area (Å²) in [5.41, 5.74) is 7.21. The van der Waals surface area contributed by atoms with Crippen LogP contribution in [0.25, 0.3) is 0 Å². The summed E-state index contributed by atoms with van der Waals surface area (Å²) in [6.45, 7) is 0.477. The Balaban J connectivity index is 2.15. The van der Waals surface area contributed by atoms with Crippen LogP contribution in [0.4, 0.5) is 0 Å². The van der Waals surface area contributed by atoms with Crippen LogP contribution in [-0.2, 0) is 22.6 Å². The Hall–Kier alpha value is -1.85. The molecule has 1 unspecified atom stereocenters. The van der Waals surface area contributed by atoms with Crippen LogP contribution in [0.2, 0.25) is 0 Å². The molecular formula is C12H17N3O3. The predicted molar refractivity (Wildman–Crippen MR) is 64.0 cm³/mol. The average molecular weight is 251 g/mol.